The zero-order valence-electron chi connectivity index (χ0n) is 12.4. The van der Waals surface area contributed by atoms with E-state index in [-0.39, 0.29) is 10.9 Å². The fraction of sp³-hybridized carbons (Fsp3) is 0.357. The number of nitrogens with one attached hydrogen (secondary N) is 1. The predicted octanol–water partition coefficient (Wildman–Crippen LogP) is 2.03. The molecule has 3 N–H and O–H groups in total. The molecule has 0 aromatic carbocycles. The van der Waals surface area contributed by atoms with Gasteiger partial charge in [-0.15, -0.1) is 0 Å². The molecule has 0 saturated carbocycles. The monoisotopic (exact) mass is 308 g/mol. The molecule has 0 aliphatic carbocycles. The van der Waals surface area contributed by atoms with Crippen molar-refractivity contribution in [1.82, 2.24) is 9.55 Å². The third-order valence-corrected chi connectivity index (χ3v) is 4.60. The van der Waals surface area contributed by atoms with Crippen LogP contribution in [0.5, 0.6) is 0 Å². The highest BCUT2D eigenvalue weighted by Crippen LogP contribution is 2.22. The molecule has 0 unspecified atom stereocenters. The summed E-state index contributed by atoms with van der Waals surface area (Å²) in [5.74, 6) is 0. The number of hydrogen-bond donors (Lipinski definition) is 2. The van der Waals surface area contributed by atoms with Crippen molar-refractivity contribution >= 4 is 15.7 Å². The quantitative estimate of drug-likeness (QED) is 0.884. The number of nitrogens with two attached hydrogens (primary N) is 1. The van der Waals surface area contributed by atoms with Gasteiger partial charge >= 0.3 is 0 Å². The molecule has 7 heteroatoms. The van der Waals surface area contributed by atoms with Crippen LogP contribution in [0, 0.1) is 6.92 Å². The van der Waals surface area contributed by atoms with E-state index in [1.54, 1.807) is 24.5 Å². The van der Waals surface area contributed by atoms with Crippen molar-refractivity contribution in [3.63, 3.8) is 0 Å². The van der Waals surface area contributed by atoms with Crippen molar-refractivity contribution in [3.05, 3.63) is 42.0 Å². The molecule has 0 bridgehead atoms. The fourth-order valence-corrected chi connectivity index (χ4v) is 3.23. The zero-order chi connectivity index (χ0) is 15.6. The lowest BCUT2D eigenvalue weighted by molar-refractivity contribution is 0.573. The summed E-state index contributed by atoms with van der Waals surface area (Å²) in [5.41, 5.74) is 7.75. The summed E-state index contributed by atoms with van der Waals surface area (Å²) < 4.78 is 29.4. The molecule has 2 rings (SSSR count). The Kier molecular flexibility index (Phi) is 4.34. The maximum atomic E-state index is 12.5. The molecule has 114 valence electrons. The summed E-state index contributed by atoms with van der Waals surface area (Å²) in [4.78, 5) is 4.15. The number of hydrogen-bond acceptors (Lipinski definition) is 4. The topological polar surface area (TPSA) is 90.0 Å². The summed E-state index contributed by atoms with van der Waals surface area (Å²) >= 11 is 0. The molecule has 6 nitrogen and oxygen atoms in total. The third kappa shape index (κ3) is 3.25. The highest BCUT2D eigenvalue weighted by atomic mass is 32.2. The minimum Gasteiger partial charge on any atom is -0.346 e. The first-order chi connectivity index (χ1) is 9.85. The molecule has 0 radical (unpaired) electrons. The molecule has 0 aliphatic heterocycles. The van der Waals surface area contributed by atoms with E-state index in [0.29, 0.717) is 12.2 Å². The second-order valence-corrected chi connectivity index (χ2v) is 6.85. The van der Waals surface area contributed by atoms with E-state index in [1.807, 2.05) is 25.3 Å². The highest BCUT2D eigenvalue weighted by Gasteiger charge is 2.19. The van der Waals surface area contributed by atoms with Crippen molar-refractivity contribution in [1.29, 1.82) is 0 Å². The predicted molar refractivity (Wildman–Crippen MR) is 82.5 cm³/mol. The van der Waals surface area contributed by atoms with E-state index in [1.165, 1.54) is 6.20 Å². The van der Waals surface area contributed by atoms with Gasteiger partial charge in [0.2, 0.25) is 0 Å². The van der Waals surface area contributed by atoms with Crippen LogP contribution >= 0.6 is 0 Å². The molecule has 0 saturated heterocycles. The maximum Gasteiger partial charge on any atom is 0.263 e. The Morgan fingerprint density at radius 3 is 2.67 bits per heavy atom. The lowest BCUT2D eigenvalue weighted by atomic mass is 10.3. The van der Waals surface area contributed by atoms with Gasteiger partial charge in [-0.25, -0.2) is 8.42 Å². The number of aryl methyl sites for hydroxylation is 1. The Hall–Kier alpha value is -1.86. The van der Waals surface area contributed by atoms with Gasteiger partial charge in [0.15, 0.2) is 0 Å². The van der Waals surface area contributed by atoms with E-state index in [2.05, 4.69) is 9.71 Å². The smallest absolute Gasteiger partial charge is 0.263 e. The minimum atomic E-state index is -3.65. The van der Waals surface area contributed by atoms with Crippen LogP contribution in [-0.2, 0) is 16.6 Å². The van der Waals surface area contributed by atoms with E-state index in [4.69, 9.17) is 5.73 Å². The summed E-state index contributed by atoms with van der Waals surface area (Å²) in [6.45, 7) is 6.08. The van der Waals surface area contributed by atoms with E-state index in [9.17, 15) is 8.42 Å². The van der Waals surface area contributed by atoms with Crippen LogP contribution in [0.15, 0.2) is 35.6 Å². The van der Waals surface area contributed by atoms with Crippen LogP contribution in [0.3, 0.4) is 0 Å². The van der Waals surface area contributed by atoms with Gasteiger partial charge in [0.1, 0.15) is 4.90 Å². The maximum absolute atomic E-state index is 12.5. The summed E-state index contributed by atoms with van der Waals surface area (Å²) in [7, 11) is -3.65. The minimum absolute atomic E-state index is 0.146. The second-order valence-electron chi connectivity index (χ2n) is 5.17. The number of nitrogens with zero attached hydrogens (tertiary/aromatic N) is 2. The molecule has 0 fully saturated rings. The molecule has 0 spiro atoms. The zero-order valence-corrected chi connectivity index (χ0v) is 13.2. The van der Waals surface area contributed by atoms with Crippen molar-refractivity contribution < 1.29 is 8.42 Å². The number of aromatic nitrogens is 2. The van der Waals surface area contributed by atoms with Crippen molar-refractivity contribution in [2.75, 3.05) is 4.72 Å². The fourth-order valence-electron chi connectivity index (χ4n) is 2.06. The Morgan fingerprint density at radius 1 is 1.43 bits per heavy atom. The molecular weight excluding hydrogens is 288 g/mol. The molecule has 2 aromatic heterocycles. The SMILES string of the molecule is Cc1ccncc1NS(=O)(=O)c1cc(CN)n(C(C)C)c1. The van der Waals surface area contributed by atoms with Gasteiger partial charge in [0.25, 0.3) is 10.0 Å². The largest absolute Gasteiger partial charge is 0.346 e. The summed E-state index contributed by atoms with van der Waals surface area (Å²) in [6, 6.07) is 3.50. The molecule has 0 atom stereocenters. The highest BCUT2D eigenvalue weighted by molar-refractivity contribution is 7.92. The van der Waals surface area contributed by atoms with E-state index < -0.39 is 10.0 Å². The Labute approximate surface area is 125 Å². The normalized spacial score (nSPS) is 11.9. The number of pyridine rings is 1. The van der Waals surface area contributed by atoms with Gasteiger partial charge < -0.3 is 10.3 Å². The Bertz CT molecular complexity index is 735. The summed E-state index contributed by atoms with van der Waals surface area (Å²) in [6.07, 6.45) is 4.73. The number of anilines is 1. The van der Waals surface area contributed by atoms with Crippen LogP contribution < -0.4 is 10.5 Å². The van der Waals surface area contributed by atoms with Gasteiger partial charge in [-0.05, 0) is 38.5 Å². The van der Waals surface area contributed by atoms with E-state index >= 15 is 0 Å². The van der Waals surface area contributed by atoms with Gasteiger partial charge in [-0.1, -0.05) is 0 Å². The van der Waals surface area contributed by atoms with Gasteiger partial charge in [-0.3, -0.25) is 9.71 Å². The van der Waals surface area contributed by atoms with Crippen LogP contribution in [0.4, 0.5) is 5.69 Å². The van der Waals surface area contributed by atoms with Crippen LogP contribution in [0.2, 0.25) is 0 Å². The Balaban J connectivity index is 2.38. The van der Waals surface area contributed by atoms with Crippen molar-refractivity contribution in [2.45, 2.75) is 38.3 Å². The first-order valence-corrected chi connectivity index (χ1v) is 8.17. The molecule has 2 heterocycles. The van der Waals surface area contributed by atoms with E-state index in [0.717, 1.165) is 11.3 Å². The first-order valence-electron chi connectivity index (χ1n) is 6.69. The van der Waals surface area contributed by atoms with Gasteiger partial charge in [-0.2, -0.15) is 0 Å². The molecular formula is C14H20N4O2S. The number of rotatable bonds is 5. The van der Waals surface area contributed by atoms with Gasteiger partial charge in [0, 0.05) is 30.7 Å². The lowest BCUT2D eigenvalue weighted by Crippen LogP contribution is -2.13. The van der Waals surface area contributed by atoms with Crippen LogP contribution in [0.1, 0.15) is 31.1 Å². The molecule has 0 aliphatic rings. The number of sulfonamides is 1. The Morgan fingerprint density at radius 2 is 2.14 bits per heavy atom. The van der Waals surface area contributed by atoms with Crippen LogP contribution in [-0.4, -0.2) is 18.0 Å². The summed E-state index contributed by atoms with van der Waals surface area (Å²) in [5, 5.41) is 0. The average Bonchev–Trinajstić information content (AvgIpc) is 2.86. The first kappa shape index (κ1) is 15.5. The second kappa shape index (κ2) is 5.87. The van der Waals surface area contributed by atoms with Crippen molar-refractivity contribution in [2.24, 2.45) is 5.73 Å². The molecule has 2 aromatic rings. The van der Waals surface area contributed by atoms with Gasteiger partial charge in [0.05, 0.1) is 11.9 Å². The molecule has 0 amide bonds. The third-order valence-electron chi connectivity index (χ3n) is 3.27. The van der Waals surface area contributed by atoms with Crippen molar-refractivity contribution in [3.8, 4) is 0 Å². The average molecular weight is 308 g/mol. The standard InChI is InChI=1S/C14H20N4O2S/c1-10(2)18-9-13(6-12(18)7-15)21(19,20)17-14-8-16-5-4-11(14)3/h4-6,8-10,17H,7,15H2,1-3H3. The molecule has 21 heavy (non-hydrogen) atoms. The lowest BCUT2D eigenvalue weighted by Gasteiger charge is -2.11. The van der Waals surface area contributed by atoms with Crippen LogP contribution in [0.25, 0.3) is 0 Å².